The number of urea groups is 1. The van der Waals surface area contributed by atoms with Gasteiger partial charge in [-0.15, -0.1) is 0 Å². The summed E-state index contributed by atoms with van der Waals surface area (Å²) in [6.45, 7) is 2.19. The summed E-state index contributed by atoms with van der Waals surface area (Å²) in [5.41, 5.74) is 1.85. The summed E-state index contributed by atoms with van der Waals surface area (Å²) in [5, 5.41) is 2.66. The average molecular weight is 495 g/mol. The van der Waals surface area contributed by atoms with Crippen LogP contribution in [0.5, 0.6) is 11.5 Å². The molecule has 8 heteroatoms. The molecule has 0 atom stereocenters. The number of ether oxygens (including phenoxy) is 1. The first kappa shape index (κ1) is 20.5. The van der Waals surface area contributed by atoms with Gasteiger partial charge in [0.25, 0.3) is 0 Å². The lowest BCUT2D eigenvalue weighted by atomic mass is 10.1. The third-order valence-corrected chi connectivity index (χ3v) is 5.97. The number of hydrogen-bond acceptors (Lipinski definition) is 4. The fourth-order valence-electron chi connectivity index (χ4n) is 3.82. The van der Waals surface area contributed by atoms with Crippen molar-refractivity contribution in [2.24, 2.45) is 4.99 Å². The van der Waals surface area contributed by atoms with Crippen LogP contribution < -0.4 is 10.1 Å². The number of fused-ring (bicyclic) bond motifs is 2. The molecule has 0 bridgehead atoms. The molecule has 0 unspecified atom stereocenters. The Hall–Kier alpha value is -3.39. The van der Waals surface area contributed by atoms with Gasteiger partial charge in [0.1, 0.15) is 23.1 Å². The Morgan fingerprint density at radius 3 is 2.47 bits per heavy atom. The standard InChI is InChI=1S/C24H20BrFN4O2/c25-16-9-10-19(18(26)15-16)28-24(31)30-13-11-29(12-14-30)23-17-5-1-3-7-21(17)32-22-8-4-2-6-20(22)27-23/h1-10,15H,11-14H2,(H,28,31). The monoisotopic (exact) mass is 494 g/mol. The molecule has 0 aromatic heterocycles. The Labute approximate surface area is 193 Å². The second-order valence-electron chi connectivity index (χ2n) is 7.53. The predicted octanol–water partition coefficient (Wildman–Crippen LogP) is 5.62. The van der Waals surface area contributed by atoms with E-state index in [0.29, 0.717) is 36.4 Å². The number of benzene rings is 3. The molecule has 6 nitrogen and oxygen atoms in total. The molecule has 3 aromatic rings. The molecule has 0 spiro atoms. The van der Waals surface area contributed by atoms with E-state index in [0.717, 1.165) is 22.8 Å². The summed E-state index contributed by atoms with van der Waals surface area (Å²) in [7, 11) is 0. The lowest BCUT2D eigenvalue weighted by Crippen LogP contribution is -2.51. The van der Waals surface area contributed by atoms with Crippen LogP contribution in [-0.2, 0) is 0 Å². The van der Waals surface area contributed by atoms with Gasteiger partial charge in [0.2, 0.25) is 0 Å². The van der Waals surface area contributed by atoms with Crippen molar-refractivity contribution in [2.75, 3.05) is 31.5 Å². The van der Waals surface area contributed by atoms with Crippen molar-refractivity contribution in [1.82, 2.24) is 9.80 Å². The zero-order chi connectivity index (χ0) is 22.1. The van der Waals surface area contributed by atoms with E-state index in [2.05, 4.69) is 26.1 Å². The number of hydrogen-bond donors (Lipinski definition) is 1. The van der Waals surface area contributed by atoms with Crippen molar-refractivity contribution in [2.45, 2.75) is 0 Å². The predicted molar refractivity (Wildman–Crippen MR) is 125 cm³/mol. The maximum absolute atomic E-state index is 14.1. The highest BCUT2D eigenvalue weighted by Gasteiger charge is 2.27. The van der Waals surface area contributed by atoms with E-state index in [4.69, 9.17) is 9.73 Å². The van der Waals surface area contributed by atoms with Gasteiger partial charge in [0, 0.05) is 30.7 Å². The first-order valence-corrected chi connectivity index (χ1v) is 11.1. The molecule has 2 aliphatic rings. The molecule has 5 rings (SSSR count). The molecule has 0 radical (unpaired) electrons. The second kappa shape index (κ2) is 8.63. The molecule has 2 amide bonds. The van der Waals surface area contributed by atoms with Gasteiger partial charge in [0.15, 0.2) is 5.75 Å². The highest BCUT2D eigenvalue weighted by Crippen LogP contribution is 2.37. The van der Waals surface area contributed by atoms with Gasteiger partial charge in [-0.1, -0.05) is 40.2 Å². The number of carbonyl (C=O) groups excluding carboxylic acids is 1. The Bertz CT molecular complexity index is 1210. The Balaban J connectivity index is 1.33. The minimum absolute atomic E-state index is 0.163. The number of anilines is 1. The van der Waals surface area contributed by atoms with Gasteiger partial charge in [0.05, 0.1) is 11.3 Å². The summed E-state index contributed by atoms with van der Waals surface area (Å²) in [5.74, 6) is 1.81. The van der Waals surface area contributed by atoms with Gasteiger partial charge in [-0.3, -0.25) is 0 Å². The number of nitrogens with one attached hydrogen (secondary N) is 1. The van der Waals surface area contributed by atoms with Crippen LogP contribution in [0.3, 0.4) is 0 Å². The normalized spacial score (nSPS) is 15.1. The minimum Gasteiger partial charge on any atom is -0.454 e. The van der Waals surface area contributed by atoms with Crippen LogP contribution in [0.2, 0.25) is 0 Å². The molecule has 2 aliphatic heterocycles. The molecule has 32 heavy (non-hydrogen) atoms. The third kappa shape index (κ3) is 4.05. The van der Waals surface area contributed by atoms with Gasteiger partial charge in [-0.25, -0.2) is 14.2 Å². The molecule has 1 saturated heterocycles. The Kier molecular flexibility index (Phi) is 5.53. The first-order chi connectivity index (χ1) is 15.6. The minimum atomic E-state index is -0.477. The summed E-state index contributed by atoms with van der Waals surface area (Å²) in [6, 6.07) is 19.8. The van der Waals surface area contributed by atoms with Crippen LogP contribution >= 0.6 is 15.9 Å². The molecule has 162 valence electrons. The number of para-hydroxylation sites is 3. The van der Waals surface area contributed by atoms with Gasteiger partial charge in [-0.2, -0.15) is 0 Å². The van der Waals surface area contributed by atoms with Crippen LogP contribution in [0.15, 0.2) is 76.2 Å². The molecule has 1 N–H and O–H groups in total. The number of aliphatic imine (C=N–C) groups is 1. The van der Waals surface area contributed by atoms with Gasteiger partial charge in [-0.05, 0) is 42.5 Å². The number of carbonyl (C=O) groups is 1. The van der Waals surface area contributed by atoms with Crippen LogP contribution in [0.4, 0.5) is 20.6 Å². The molecule has 1 fully saturated rings. The summed E-state index contributed by atoms with van der Waals surface area (Å²) >= 11 is 3.22. The molecule has 0 saturated carbocycles. The second-order valence-corrected chi connectivity index (χ2v) is 8.45. The topological polar surface area (TPSA) is 57.2 Å². The van der Waals surface area contributed by atoms with Gasteiger partial charge < -0.3 is 19.9 Å². The quantitative estimate of drug-likeness (QED) is 0.477. The smallest absolute Gasteiger partial charge is 0.322 e. The van der Waals surface area contributed by atoms with E-state index < -0.39 is 5.82 Å². The third-order valence-electron chi connectivity index (χ3n) is 5.48. The van der Waals surface area contributed by atoms with Crippen molar-refractivity contribution in [1.29, 1.82) is 0 Å². The number of nitrogens with zero attached hydrogens (tertiary/aromatic N) is 3. The van der Waals surface area contributed by atoms with Crippen LogP contribution in [-0.4, -0.2) is 47.8 Å². The van der Waals surface area contributed by atoms with Crippen LogP contribution in [0, 0.1) is 5.82 Å². The fourth-order valence-corrected chi connectivity index (χ4v) is 4.15. The highest BCUT2D eigenvalue weighted by atomic mass is 79.9. The van der Waals surface area contributed by atoms with Crippen molar-refractivity contribution in [3.05, 3.63) is 82.6 Å². The molecule has 2 heterocycles. The summed E-state index contributed by atoms with van der Waals surface area (Å²) in [4.78, 5) is 21.4. The first-order valence-electron chi connectivity index (χ1n) is 10.3. The van der Waals surface area contributed by atoms with E-state index in [1.165, 1.54) is 6.07 Å². The van der Waals surface area contributed by atoms with E-state index in [1.807, 2.05) is 48.5 Å². The molecule has 0 aliphatic carbocycles. The number of rotatable bonds is 1. The maximum Gasteiger partial charge on any atom is 0.322 e. The highest BCUT2D eigenvalue weighted by molar-refractivity contribution is 9.10. The Morgan fingerprint density at radius 1 is 0.969 bits per heavy atom. The largest absolute Gasteiger partial charge is 0.454 e. The lowest BCUT2D eigenvalue weighted by molar-refractivity contribution is 0.181. The van der Waals surface area contributed by atoms with Crippen molar-refractivity contribution in [3.63, 3.8) is 0 Å². The van der Waals surface area contributed by atoms with Crippen molar-refractivity contribution < 1.29 is 13.9 Å². The summed E-state index contributed by atoms with van der Waals surface area (Å²) < 4.78 is 20.8. The number of amidine groups is 1. The zero-order valence-corrected chi connectivity index (χ0v) is 18.7. The number of piperazine rings is 1. The van der Waals surface area contributed by atoms with Crippen LogP contribution in [0.25, 0.3) is 0 Å². The van der Waals surface area contributed by atoms with E-state index in [9.17, 15) is 9.18 Å². The Morgan fingerprint density at radius 2 is 1.69 bits per heavy atom. The maximum atomic E-state index is 14.1. The summed E-state index contributed by atoms with van der Waals surface area (Å²) in [6.07, 6.45) is 0. The fraction of sp³-hybridized carbons (Fsp3) is 0.167. The molecular weight excluding hydrogens is 475 g/mol. The SMILES string of the molecule is O=C(Nc1ccc(Br)cc1F)N1CCN(C2=Nc3ccccc3Oc3ccccc32)CC1. The average Bonchev–Trinajstić information content (AvgIpc) is 2.98. The van der Waals surface area contributed by atoms with Gasteiger partial charge >= 0.3 is 6.03 Å². The van der Waals surface area contributed by atoms with Crippen molar-refractivity contribution >= 4 is 39.2 Å². The van der Waals surface area contributed by atoms with Crippen molar-refractivity contribution in [3.8, 4) is 11.5 Å². The van der Waals surface area contributed by atoms with E-state index in [-0.39, 0.29) is 11.7 Å². The number of halogens is 2. The lowest BCUT2D eigenvalue weighted by Gasteiger charge is -2.36. The van der Waals surface area contributed by atoms with E-state index in [1.54, 1.807) is 17.0 Å². The molecule has 3 aromatic carbocycles. The van der Waals surface area contributed by atoms with E-state index >= 15 is 0 Å². The zero-order valence-electron chi connectivity index (χ0n) is 17.1. The molecular formula is C24H20BrFN4O2. The van der Waals surface area contributed by atoms with Crippen LogP contribution in [0.1, 0.15) is 5.56 Å². The number of amides is 2.